The number of esters is 1. The number of aryl methyl sites for hydroxylation is 4. The highest BCUT2D eigenvalue weighted by atomic mass is 32.1. The molecule has 2 heterocycles. The topological polar surface area (TPSA) is 65.5 Å². The minimum Gasteiger partial charge on any atom is -0.489 e. The number of pyridine rings is 1. The largest absolute Gasteiger partial charge is 0.489 e. The Bertz CT molecular complexity index is 1220. The minimum atomic E-state index is -0.859. The summed E-state index contributed by atoms with van der Waals surface area (Å²) in [5.74, 6) is -0.868. The fraction of sp³-hybridized carbons (Fsp3) is 0.346. The number of aromatic nitrogens is 1. The Hall–Kier alpha value is -2.99. The lowest BCUT2D eigenvalue weighted by Gasteiger charge is -2.18. The first-order valence-corrected chi connectivity index (χ1v) is 11.8. The molecule has 0 spiro atoms. The van der Waals surface area contributed by atoms with Gasteiger partial charge in [0, 0.05) is 21.4 Å². The number of carbonyl (C=O) groups is 2. The molecule has 166 valence electrons. The molecule has 0 atom stereocenters. The van der Waals surface area contributed by atoms with E-state index in [1.807, 2.05) is 25.1 Å². The molecule has 0 saturated heterocycles. The summed E-state index contributed by atoms with van der Waals surface area (Å²) in [6.45, 7) is 9.70. The first kappa shape index (κ1) is 22.2. The predicted molar refractivity (Wildman–Crippen MR) is 128 cm³/mol. The lowest BCUT2D eigenvalue weighted by Crippen LogP contribution is -2.20. The van der Waals surface area contributed by atoms with Crippen molar-refractivity contribution in [3.8, 4) is 16.9 Å². The van der Waals surface area contributed by atoms with Crippen LogP contribution in [0.3, 0.4) is 0 Å². The van der Waals surface area contributed by atoms with Crippen LogP contribution < -0.4 is 4.74 Å². The predicted octanol–water partition coefficient (Wildman–Crippen LogP) is 5.77. The summed E-state index contributed by atoms with van der Waals surface area (Å²) in [4.78, 5) is 32.8. The highest BCUT2D eigenvalue weighted by Gasteiger charge is 2.31. The third kappa shape index (κ3) is 3.95. The number of ether oxygens (including phenoxy) is 2. The molecular weight excluding hydrogens is 422 g/mol. The fourth-order valence-corrected chi connectivity index (χ4v) is 5.67. The number of nitrogens with zero attached hydrogens (tertiary/aromatic N) is 1. The maximum absolute atomic E-state index is 13.3. The van der Waals surface area contributed by atoms with Gasteiger partial charge in [0.15, 0.2) is 0 Å². The van der Waals surface area contributed by atoms with Crippen molar-refractivity contribution < 1.29 is 19.1 Å². The zero-order valence-electron chi connectivity index (χ0n) is 18.7. The molecule has 32 heavy (non-hydrogen) atoms. The quantitative estimate of drug-likeness (QED) is 0.198. The van der Waals surface area contributed by atoms with E-state index in [4.69, 9.17) is 14.5 Å². The van der Waals surface area contributed by atoms with Crippen LogP contribution in [0.15, 0.2) is 30.9 Å². The van der Waals surface area contributed by atoms with Crippen LogP contribution in [0, 0.1) is 13.8 Å². The lowest BCUT2D eigenvalue weighted by molar-refractivity contribution is -0.137. The van der Waals surface area contributed by atoms with Gasteiger partial charge in [0.05, 0.1) is 17.9 Å². The highest BCUT2D eigenvalue weighted by molar-refractivity contribution is 7.19. The second kappa shape index (κ2) is 9.25. The van der Waals surface area contributed by atoms with Gasteiger partial charge < -0.3 is 9.47 Å². The average Bonchev–Trinajstić information content (AvgIpc) is 3.14. The van der Waals surface area contributed by atoms with E-state index < -0.39 is 11.8 Å². The third-order valence-electron chi connectivity index (χ3n) is 5.73. The summed E-state index contributed by atoms with van der Waals surface area (Å²) in [6.07, 6.45) is 5.90. The Labute approximate surface area is 192 Å². The van der Waals surface area contributed by atoms with Gasteiger partial charge in [-0.15, -0.1) is 11.3 Å². The van der Waals surface area contributed by atoms with Gasteiger partial charge in [-0.25, -0.2) is 9.78 Å². The van der Waals surface area contributed by atoms with Crippen LogP contribution in [-0.2, 0) is 22.4 Å². The number of fused-ring (bicyclic) bond motifs is 3. The Balaban J connectivity index is 2.08. The maximum Gasteiger partial charge on any atom is 0.379 e. The Morgan fingerprint density at radius 1 is 1.22 bits per heavy atom. The maximum atomic E-state index is 13.3. The van der Waals surface area contributed by atoms with Crippen molar-refractivity contribution in [3.05, 3.63) is 58.1 Å². The molecule has 0 radical (unpaired) electrons. The summed E-state index contributed by atoms with van der Waals surface area (Å²) in [6, 6.07) is 5.92. The van der Waals surface area contributed by atoms with Crippen LogP contribution in [0.5, 0.6) is 5.75 Å². The summed E-state index contributed by atoms with van der Waals surface area (Å²) in [7, 11) is 0. The average molecular weight is 450 g/mol. The molecule has 1 aliphatic carbocycles. The lowest BCUT2D eigenvalue weighted by atomic mass is 9.88. The molecule has 0 N–H and O–H groups in total. The monoisotopic (exact) mass is 449 g/mol. The van der Waals surface area contributed by atoms with Crippen molar-refractivity contribution in [2.45, 2.75) is 46.5 Å². The van der Waals surface area contributed by atoms with E-state index in [2.05, 4.69) is 6.58 Å². The van der Waals surface area contributed by atoms with Gasteiger partial charge in [0.1, 0.15) is 17.2 Å². The van der Waals surface area contributed by atoms with Gasteiger partial charge in [-0.05, 0) is 63.6 Å². The fourth-order valence-electron chi connectivity index (χ4n) is 4.35. The third-order valence-corrected chi connectivity index (χ3v) is 6.92. The molecule has 2 aromatic heterocycles. The van der Waals surface area contributed by atoms with Crippen molar-refractivity contribution in [3.63, 3.8) is 0 Å². The van der Waals surface area contributed by atoms with E-state index in [0.717, 1.165) is 52.6 Å². The zero-order valence-corrected chi connectivity index (χ0v) is 19.6. The molecule has 0 unspecified atom stereocenters. The van der Waals surface area contributed by atoms with Crippen LogP contribution >= 0.6 is 11.3 Å². The number of Topliss-reactive ketones (excluding diaryl/α,β-unsaturated/α-hetero) is 1. The van der Waals surface area contributed by atoms with Crippen LogP contribution in [0.4, 0.5) is 0 Å². The number of hydrogen-bond acceptors (Lipinski definition) is 6. The molecule has 0 fully saturated rings. The smallest absolute Gasteiger partial charge is 0.379 e. The van der Waals surface area contributed by atoms with Crippen molar-refractivity contribution in [2.75, 3.05) is 13.2 Å². The van der Waals surface area contributed by atoms with Gasteiger partial charge in [-0.3, -0.25) is 4.79 Å². The van der Waals surface area contributed by atoms with Crippen molar-refractivity contribution in [2.24, 2.45) is 0 Å². The Kier molecular flexibility index (Phi) is 6.42. The summed E-state index contributed by atoms with van der Waals surface area (Å²) in [5, 5.41) is 0.968. The van der Waals surface area contributed by atoms with E-state index in [9.17, 15) is 9.59 Å². The molecule has 1 aromatic carbocycles. The van der Waals surface area contributed by atoms with E-state index >= 15 is 0 Å². The number of benzene rings is 1. The van der Waals surface area contributed by atoms with Crippen LogP contribution in [0.1, 0.15) is 51.8 Å². The second-order valence-corrected chi connectivity index (χ2v) is 9.07. The Morgan fingerprint density at radius 2 is 2.00 bits per heavy atom. The Morgan fingerprint density at radius 3 is 2.75 bits per heavy atom. The summed E-state index contributed by atoms with van der Waals surface area (Å²) in [5.41, 5.74) is 4.62. The molecule has 6 heteroatoms. The van der Waals surface area contributed by atoms with E-state index in [1.165, 1.54) is 10.4 Å². The first-order chi connectivity index (χ1) is 15.5. The highest BCUT2D eigenvalue weighted by Crippen LogP contribution is 2.45. The van der Waals surface area contributed by atoms with Gasteiger partial charge in [0.25, 0.3) is 5.78 Å². The molecule has 0 bridgehead atoms. The number of thiophene rings is 1. The van der Waals surface area contributed by atoms with E-state index in [1.54, 1.807) is 31.3 Å². The molecular formula is C26H27NO4S. The van der Waals surface area contributed by atoms with Crippen molar-refractivity contribution in [1.29, 1.82) is 0 Å². The number of ketones is 1. The molecule has 0 saturated carbocycles. The van der Waals surface area contributed by atoms with Crippen molar-refractivity contribution in [1.82, 2.24) is 4.98 Å². The summed E-state index contributed by atoms with van der Waals surface area (Å²) >= 11 is 1.69. The molecule has 3 aromatic rings. The SMILES string of the molecule is C=CCOc1cc(C)ccc1-c1c(C(=O)C(=O)OCC)c(C)nc2sc3c(c12)CCCC3. The molecule has 0 aliphatic heterocycles. The van der Waals surface area contributed by atoms with Gasteiger partial charge in [-0.1, -0.05) is 24.8 Å². The standard InChI is InChI=1S/C26H27NO4S/c1-5-13-31-19-14-15(3)11-12-17(19)22-21(24(28)26(29)30-6-2)16(4)27-25-23(22)18-9-7-8-10-20(18)32-25/h5,11-12,14H,1,6-10,13H2,2-4H3. The van der Waals surface area contributed by atoms with Crippen molar-refractivity contribution >= 4 is 33.3 Å². The van der Waals surface area contributed by atoms with Crippen LogP contribution in [-0.4, -0.2) is 30.0 Å². The minimum absolute atomic E-state index is 0.140. The first-order valence-electron chi connectivity index (χ1n) is 11.0. The van der Waals surface area contributed by atoms with Gasteiger partial charge in [-0.2, -0.15) is 0 Å². The second-order valence-electron chi connectivity index (χ2n) is 7.99. The number of carbonyl (C=O) groups excluding carboxylic acids is 2. The number of hydrogen-bond donors (Lipinski definition) is 0. The van der Waals surface area contributed by atoms with Crippen LogP contribution in [0.25, 0.3) is 21.3 Å². The van der Waals surface area contributed by atoms with E-state index in [-0.39, 0.29) is 6.61 Å². The van der Waals surface area contributed by atoms with Gasteiger partial charge in [0.2, 0.25) is 0 Å². The normalized spacial score (nSPS) is 13.0. The summed E-state index contributed by atoms with van der Waals surface area (Å²) < 4.78 is 11.1. The molecule has 5 nitrogen and oxygen atoms in total. The molecule has 4 rings (SSSR count). The van der Waals surface area contributed by atoms with E-state index in [0.29, 0.717) is 23.6 Å². The molecule has 1 aliphatic rings. The molecule has 0 amide bonds. The van der Waals surface area contributed by atoms with Gasteiger partial charge >= 0.3 is 5.97 Å². The number of rotatable bonds is 7. The van der Waals surface area contributed by atoms with Crippen LogP contribution in [0.2, 0.25) is 0 Å². The zero-order chi connectivity index (χ0) is 22.8.